The molecule has 0 radical (unpaired) electrons. The number of hydrogen-bond acceptors (Lipinski definition) is 4. The Kier molecular flexibility index (Phi) is 4.30. The number of likely N-dealkylation sites (N-methyl/N-ethyl adjacent to an activating group) is 2. The zero-order valence-electron chi connectivity index (χ0n) is 9.41. The summed E-state index contributed by atoms with van der Waals surface area (Å²) < 4.78 is 4.92. The van der Waals surface area contributed by atoms with Gasteiger partial charge in [-0.3, -0.25) is 4.79 Å². The van der Waals surface area contributed by atoms with Gasteiger partial charge >= 0.3 is 0 Å². The standard InChI is InChI=1S/C10H17N3O2/c1-4-11-6-10(14)13(3)7-9-5-8(2)15-12-9/h5,11H,4,6-7H2,1-3H3. The van der Waals surface area contributed by atoms with Crippen molar-refractivity contribution >= 4 is 5.91 Å². The third kappa shape index (κ3) is 3.71. The molecule has 0 aliphatic heterocycles. The summed E-state index contributed by atoms with van der Waals surface area (Å²) in [6.07, 6.45) is 0. The minimum Gasteiger partial charge on any atom is -0.361 e. The van der Waals surface area contributed by atoms with Gasteiger partial charge in [0.15, 0.2) is 0 Å². The maximum Gasteiger partial charge on any atom is 0.236 e. The second-order valence-electron chi connectivity index (χ2n) is 3.46. The van der Waals surface area contributed by atoms with E-state index in [1.807, 2.05) is 19.9 Å². The third-order valence-corrected chi connectivity index (χ3v) is 2.03. The van der Waals surface area contributed by atoms with E-state index in [0.717, 1.165) is 18.0 Å². The average molecular weight is 211 g/mol. The summed E-state index contributed by atoms with van der Waals surface area (Å²) in [5.74, 6) is 0.815. The molecule has 15 heavy (non-hydrogen) atoms. The van der Waals surface area contributed by atoms with Gasteiger partial charge in [-0.1, -0.05) is 12.1 Å². The largest absolute Gasteiger partial charge is 0.361 e. The second kappa shape index (κ2) is 5.50. The first-order valence-corrected chi connectivity index (χ1v) is 5.00. The summed E-state index contributed by atoms with van der Waals surface area (Å²) in [6.45, 7) is 5.44. The number of aryl methyl sites for hydroxylation is 1. The predicted octanol–water partition coefficient (Wildman–Crippen LogP) is 0.551. The van der Waals surface area contributed by atoms with Gasteiger partial charge in [0.25, 0.3) is 0 Å². The van der Waals surface area contributed by atoms with Crippen LogP contribution in [0.1, 0.15) is 18.4 Å². The molecule has 0 saturated carbocycles. The fraction of sp³-hybridized carbons (Fsp3) is 0.600. The molecule has 0 bridgehead atoms. The highest BCUT2D eigenvalue weighted by atomic mass is 16.5. The van der Waals surface area contributed by atoms with Gasteiger partial charge in [-0.25, -0.2) is 0 Å². The van der Waals surface area contributed by atoms with Crippen molar-refractivity contribution in [2.45, 2.75) is 20.4 Å². The lowest BCUT2D eigenvalue weighted by Gasteiger charge is -2.15. The minimum atomic E-state index is 0.0532. The summed E-state index contributed by atoms with van der Waals surface area (Å²) in [7, 11) is 1.75. The fourth-order valence-corrected chi connectivity index (χ4v) is 1.19. The summed E-state index contributed by atoms with van der Waals surface area (Å²) in [5.41, 5.74) is 0.778. The highest BCUT2D eigenvalue weighted by molar-refractivity contribution is 5.77. The predicted molar refractivity (Wildman–Crippen MR) is 56.3 cm³/mol. The molecule has 0 fully saturated rings. The Bertz CT molecular complexity index is 322. The van der Waals surface area contributed by atoms with Gasteiger partial charge in [0.05, 0.1) is 13.1 Å². The number of nitrogens with one attached hydrogen (secondary N) is 1. The number of hydrogen-bond donors (Lipinski definition) is 1. The van der Waals surface area contributed by atoms with Gasteiger partial charge in [-0.05, 0) is 13.5 Å². The van der Waals surface area contributed by atoms with Crippen molar-refractivity contribution in [2.75, 3.05) is 20.1 Å². The van der Waals surface area contributed by atoms with Gasteiger partial charge in [0, 0.05) is 13.1 Å². The fourth-order valence-electron chi connectivity index (χ4n) is 1.19. The maximum absolute atomic E-state index is 11.5. The lowest BCUT2D eigenvalue weighted by atomic mass is 10.3. The highest BCUT2D eigenvalue weighted by Gasteiger charge is 2.10. The molecule has 1 amide bonds. The van der Waals surface area contributed by atoms with Crippen LogP contribution in [0.2, 0.25) is 0 Å². The van der Waals surface area contributed by atoms with Crippen molar-refractivity contribution in [3.63, 3.8) is 0 Å². The Morgan fingerprint density at radius 3 is 2.93 bits per heavy atom. The molecule has 0 aliphatic carbocycles. The van der Waals surface area contributed by atoms with Crippen molar-refractivity contribution in [2.24, 2.45) is 0 Å². The molecular formula is C10H17N3O2. The molecule has 1 N–H and O–H groups in total. The lowest BCUT2D eigenvalue weighted by Crippen LogP contribution is -2.35. The average Bonchev–Trinajstić information content (AvgIpc) is 2.60. The van der Waals surface area contributed by atoms with Crippen LogP contribution >= 0.6 is 0 Å². The summed E-state index contributed by atoms with van der Waals surface area (Å²) in [6, 6.07) is 1.83. The topological polar surface area (TPSA) is 58.4 Å². The van der Waals surface area contributed by atoms with Gasteiger partial charge in [0.1, 0.15) is 11.5 Å². The molecule has 84 valence electrons. The first-order valence-electron chi connectivity index (χ1n) is 5.00. The van der Waals surface area contributed by atoms with Crippen LogP contribution in [-0.4, -0.2) is 36.1 Å². The van der Waals surface area contributed by atoms with Gasteiger partial charge in [-0.2, -0.15) is 0 Å². The number of aromatic nitrogens is 1. The Balaban J connectivity index is 2.41. The Labute approximate surface area is 89.4 Å². The van der Waals surface area contributed by atoms with Crippen LogP contribution in [0.15, 0.2) is 10.6 Å². The van der Waals surface area contributed by atoms with E-state index in [2.05, 4.69) is 10.5 Å². The normalized spacial score (nSPS) is 10.3. The van der Waals surface area contributed by atoms with Gasteiger partial charge in [-0.15, -0.1) is 0 Å². The van der Waals surface area contributed by atoms with E-state index in [-0.39, 0.29) is 5.91 Å². The van der Waals surface area contributed by atoms with E-state index >= 15 is 0 Å². The first-order chi connectivity index (χ1) is 7.13. The van der Waals surface area contributed by atoms with Crippen molar-refractivity contribution in [3.05, 3.63) is 17.5 Å². The minimum absolute atomic E-state index is 0.0532. The molecule has 5 heteroatoms. The molecule has 1 heterocycles. The molecule has 0 aliphatic rings. The third-order valence-electron chi connectivity index (χ3n) is 2.03. The van der Waals surface area contributed by atoms with Crippen LogP contribution in [-0.2, 0) is 11.3 Å². The van der Waals surface area contributed by atoms with E-state index in [1.165, 1.54) is 0 Å². The second-order valence-corrected chi connectivity index (χ2v) is 3.46. The quantitative estimate of drug-likeness (QED) is 0.772. The number of rotatable bonds is 5. The van der Waals surface area contributed by atoms with Crippen LogP contribution < -0.4 is 5.32 Å². The Morgan fingerprint density at radius 2 is 2.40 bits per heavy atom. The zero-order valence-corrected chi connectivity index (χ0v) is 9.41. The maximum atomic E-state index is 11.5. The van der Waals surface area contributed by atoms with E-state index in [9.17, 15) is 4.79 Å². The summed E-state index contributed by atoms with van der Waals surface area (Å²) in [4.78, 5) is 13.1. The Hall–Kier alpha value is -1.36. The zero-order chi connectivity index (χ0) is 11.3. The van der Waals surface area contributed by atoms with E-state index in [1.54, 1.807) is 11.9 Å². The van der Waals surface area contributed by atoms with Crippen LogP contribution in [0.4, 0.5) is 0 Å². The molecule has 0 spiro atoms. The van der Waals surface area contributed by atoms with E-state index in [4.69, 9.17) is 4.52 Å². The Morgan fingerprint density at radius 1 is 1.67 bits per heavy atom. The monoisotopic (exact) mass is 211 g/mol. The van der Waals surface area contributed by atoms with Crippen molar-refractivity contribution in [1.82, 2.24) is 15.4 Å². The molecule has 0 unspecified atom stereocenters. The molecule has 1 aromatic rings. The van der Waals surface area contributed by atoms with Crippen molar-refractivity contribution < 1.29 is 9.32 Å². The number of carbonyl (C=O) groups is 1. The van der Waals surface area contributed by atoms with Gasteiger partial charge in [0.2, 0.25) is 5.91 Å². The number of nitrogens with zero attached hydrogens (tertiary/aromatic N) is 2. The lowest BCUT2D eigenvalue weighted by molar-refractivity contribution is -0.129. The molecular weight excluding hydrogens is 194 g/mol. The first kappa shape index (κ1) is 11.7. The van der Waals surface area contributed by atoms with E-state index < -0.39 is 0 Å². The van der Waals surface area contributed by atoms with Crippen molar-refractivity contribution in [3.8, 4) is 0 Å². The van der Waals surface area contributed by atoms with Crippen LogP contribution in [0.25, 0.3) is 0 Å². The molecule has 0 atom stereocenters. The summed E-state index contributed by atoms with van der Waals surface area (Å²) >= 11 is 0. The summed E-state index contributed by atoms with van der Waals surface area (Å²) in [5, 5.41) is 6.81. The van der Waals surface area contributed by atoms with Crippen LogP contribution in [0.3, 0.4) is 0 Å². The van der Waals surface area contributed by atoms with Crippen LogP contribution in [0, 0.1) is 6.92 Å². The number of carbonyl (C=O) groups excluding carboxylic acids is 1. The van der Waals surface area contributed by atoms with Crippen molar-refractivity contribution in [1.29, 1.82) is 0 Å². The molecule has 5 nitrogen and oxygen atoms in total. The molecule has 1 rings (SSSR count). The molecule has 1 aromatic heterocycles. The molecule has 0 aromatic carbocycles. The number of amides is 1. The molecule has 0 saturated heterocycles. The van der Waals surface area contributed by atoms with Gasteiger partial charge < -0.3 is 14.7 Å². The van der Waals surface area contributed by atoms with E-state index in [0.29, 0.717) is 13.1 Å². The smallest absolute Gasteiger partial charge is 0.236 e. The van der Waals surface area contributed by atoms with Crippen LogP contribution in [0.5, 0.6) is 0 Å². The highest BCUT2D eigenvalue weighted by Crippen LogP contribution is 2.04. The SMILES string of the molecule is CCNCC(=O)N(C)Cc1cc(C)on1.